The summed E-state index contributed by atoms with van der Waals surface area (Å²) in [5.74, 6) is 0.963. The second kappa shape index (κ2) is 10.2. The van der Waals surface area contributed by atoms with E-state index in [0.29, 0.717) is 42.6 Å². The molecule has 2 heterocycles. The summed E-state index contributed by atoms with van der Waals surface area (Å²) >= 11 is 1.60. The largest absolute Gasteiger partial charge is 0.493 e. The Morgan fingerprint density at radius 3 is 2.50 bits per heavy atom. The Morgan fingerprint density at radius 2 is 1.90 bits per heavy atom. The third kappa shape index (κ3) is 5.15. The van der Waals surface area contributed by atoms with Crippen molar-refractivity contribution >= 4 is 29.0 Å². The second-order valence-corrected chi connectivity index (χ2v) is 7.96. The van der Waals surface area contributed by atoms with Gasteiger partial charge in [0.15, 0.2) is 11.5 Å². The van der Waals surface area contributed by atoms with E-state index in [2.05, 4.69) is 10.6 Å². The number of hydrogen-bond donors (Lipinski definition) is 2. The first-order valence-electron chi connectivity index (χ1n) is 9.71. The van der Waals surface area contributed by atoms with Crippen molar-refractivity contribution in [3.05, 3.63) is 34.5 Å². The lowest BCUT2D eigenvalue weighted by molar-refractivity contribution is -0.121. The summed E-state index contributed by atoms with van der Waals surface area (Å²) in [5, 5.41) is 7.82. The van der Waals surface area contributed by atoms with Crippen LogP contribution in [0.1, 0.15) is 17.7 Å². The molecule has 1 saturated heterocycles. The molecule has 1 unspecified atom stereocenters. The molecule has 30 heavy (non-hydrogen) atoms. The van der Waals surface area contributed by atoms with Crippen LogP contribution >= 0.6 is 11.3 Å². The van der Waals surface area contributed by atoms with Crippen LogP contribution in [-0.4, -0.2) is 51.3 Å². The Bertz CT molecular complexity index is 847. The van der Waals surface area contributed by atoms with Crippen LogP contribution in [0.15, 0.2) is 29.6 Å². The highest BCUT2D eigenvalue weighted by atomic mass is 32.1. The summed E-state index contributed by atoms with van der Waals surface area (Å²) in [6.45, 7) is 1.52. The second-order valence-electron chi connectivity index (χ2n) is 6.93. The fourth-order valence-electron chi connectivity index (χ4n) is 3.46. The van der Waals surface area contributed by atoms with E-state index in [9.17, 15) is 9.59 Å². The van der Waals surface area contributed by atoms with Crippen LogP contribution < -0.4 is 24.8 Å². The number of urea groups is 1. The van der Waals surface area contributed by atoms with Crippen molar-refractivity contribution in [3.63, 3.8) is 0 Å². The highest BCUT2D eigenvalue weighted by Crippen LogP contribution is 2.40. The normalized spacial score (nSPS) is 16.0. The standard InChI is InChI=1S/C21H27N3O5S/c1-27-17-10-15(11-18(28-2)19(17)29-3)23-20(25)14-6-4-8-24(13-14)21(26)22-12-16-7-5-9-30-16/h5,7,9-11,14H,4,6,8,12-13H2,1-3H3,(H,22,26)(H,23,25). The number of benzene rings is 1. The molecule has 0 radical (unpaired) electrons. The molecule has 8 nitrogen and oxygen atoms in total. The fraction of sp³-hybridized carbons (Fsp3) is 0.429. The van der Waals surface area contributed by atoms with Gasteiger partial charge in [0.1, 0.15) is 0 Å². The van der Waals surface area contributed by atoms with Gasteiger partial charge in [-0.2, -0.15) is 0 Å². The van der Waals surface area contributed by atoms with E-state index in [-0.39, 0.29) is 17.9 Å². The smallest absolute Gasteiger partial charge is 0.317 e. The SMILES string of the molecule is COc1cc(NC(=O)C2CCCN(C(=O)NCc3cccs3)C2)cc(OC)c1OC. The van der Waals surface area contributed by atoms with Gasteiger partial charge in [-0.1, -0.05) is 6.07 Å². The van der Waals surface area contributed by atoms with Crippen LogP contribution in [0.25, 0.3) is 0 Å². The van der Waals surface area contributed by atoms with Crippen molar-refractivity contribution in [2.24, 2.45) is 5.92 Å². The zero-order valence-corrected chi connectivity index (χ0v) is 18.2. The molecule has 1 fully saturated rings. The minimum absolute atomic E-state index is 0.139. The fourth-order valence-corrected chi connectivity index (χ4v) is 4.11. The summed E-state index contributed by atoms with van der Waals surface area (Å²) in [4.78, 5) is 28.2. The number of nitrogens with one attached hydrogen (secondary N) is 2. The van der Waals surface area contributed by atoms with Gasteiger partial charge in [-0.25, -0.2) is 4.79 Å². The van der Waals surface area contributed by atoms with Crippen molar-refractivity contribution in [2.45, 2.75) is 19.4 Å². The minimum Gasteiger partial charge on any atom is -0.493 e. The average molecular weight is 434 g/mol. The highest BCUT2D eigenvalue weighted by molar-refractivity contribution is 7.09. The summed E-state index contributed by atoms with van der Waals surface area (Å²) in [5.41, 5.74) is 0.550. The number of anilines is 1. The maximum Gasteiger partial charge on any atom is 0.317 e. The van der Waals surface area contributed by atoms with E-state index < -0.39 is 0 Å². The number of piperidine rings is 1. The maximum absolute atomic E-state index is 12.9. The molecular formula is C21H27N3O5S. The number of ether oxygens (including phenoxy) is 3. The van der Waals surface area contributed by atoms with Gasteiger partial charge >= 0.3 is 6.03 Å². The van der Waals surface area contributed by atoms with Crippen molar-refractivity contribution < 1.29 is 23.8 Å². The summed E-state index contributed by atoms with van der Waals surface area (Å²) in [6.07, 6.45) is 1.50. The highest BCUT2D eigenvalue weighted by Gasteiger charge is 2.29. The number of likely N-dealkylation sites (tertiary alicyclic amines) is 1. The van der Waals surface area contributed by atoms with Crippen molar-refractivity contribution in [1.82, 2.24) is 10.2 Å². The van der Waals surface area contributed by atoms with Crippen LogP contribution in [0, 0.1) is 5.92 Å². The number of nitrogens with zero attached hydrogens (tertiary/aromatic N) is 1. The molecular weight excluding hydrogens is 406 g/mol. The van der Waals surface area contributed by atoms with E-state index in [1.807, 2.05) is 17.5 Å². The van der Waals surface area contributed by atoms with Gasteiger partial charge in [0.2, 0.25) is 11.7 Å². The molecule has 0 aliphatic carbocycles. The molecule has 0 spiro atoms. The molecule has 9 heteroatoms. The van der Waals surface area contributed by atoms with Crippen LogP contribution in [0.5, 0.6) is 17.2 Å². The van der Waals surface area contributed by atoms with Gasteiger partial charge in [0.05, 0.1) is 33.8 Å². The van der Waals surface area contributed by atoms with Gasteiger partial charge in [0.25, 0.3) is 0 Å². The minimum atomic E-state index is -0.287. The Labute approximate surface area is 180 Å². The first-order valence-corrected chi connectivity index (χ1v) is 10.6. The predicted molar refractivity (Wildman–Crippen MR) is 116 cm³/mol. The van der Waals surface area contributed by atoms with E-state index in [1.165, 1.54) is 21.3 Å². The quantitative estimate of drug-likeness (QED) is 0.699. The zero-order valence-electron chi connectivity index (χ0n) is 17.4. The lowest BCUT2D eigenvalue weighted by Gasteiger charge is -2.32. The van der Waals surface area contributed by atoms with Gasteiger partial charge in [-0.15, -0.1) is 11.3 Å². The van der Waals surface area contributed by atoms with Crippen molar-refractivity contribution in [3.8, 4) is 17.2 Å². The number of carbonyl (C=O) groups is 2. The Hall–Kier alpha value is -2.94. The molecule has 162 valence electrons. The first-order chi connectivity index (χ1) is 14.5. The van der Waals surface area contributed by atoms with Crippen LogP contribution in [0.4, 0.5) is 10.5 Å². The molecule has 2 aromatic rings. The van der Waals surface area contributed by atoms with Gasteiger partial charge < -0.3 is 29.7 Å². The van der Waals surface area contributed by atoms with Gasteiger partial charge in [0, 0.05) is 35.8 Å². The molecule has 1 aromatic heterocycles. The lowest BCUT2D eigenvalue weighted by Crippen LogP contribution is -2.47. The molecule has 0 bridgehead atoms. The number of amides is 3. The number of carbonyl (C=O) groups excluding carboxylic acids is 2. The average Bonchev–Trinajstić information content (AvgIpc) is 3.30. The molecule has 1 aliphatic heterocycles. The van der Waals surface area contributed by atoms with Crippen molar-refractivity contribution in [1.29, 1.82) is 0 Å². The monoisotopic (exact) mass is 433 g/mol. The molecule has 3 amide bonds. The van der Waals surface area contributed by atoms with Gasteiger partial charge in [-0.05, 0) is 24.3 Å². The summed E-state index contributed by atoms with van der Waals surface area (Å²) in [7, 11) is 4.58. The van der Waals surface area contributed by atoms with E-state index >= 15 is 0 Å². The Balaban J connectivity index is 1.61. The summed E-state index contributed by atoms with van der Waals surface area (Å²) < 4.78 is 16.0. The Morgan fingerprint density at radius 1 is 1.17 bits per heavy atom. The lowest BCUT2D eigenvalue weighted by atomic mass is 9.97. The van der Waals surface area contributed by atoms with Gasteiger partial charge in [-0.3, -0.25) is 4.79 Å². The molecule has 3 rings (SSSR count). The third-order valence-electron chi connectivity index (χ3n) is 5.01. The Kier molecular flexibility index (Phi) is 7.40. The first kappa shape index (κ1) is 21.8. The van der Waals surface area contributed by atoms with Crippen LogP contribution in [-0.2, 0) is 11.3 Å². The predicted octanol–water partition coefficient (Wildman–Crippen LogP) is 3.33. The van der Waals surface area contributed by atoms with Crippen LogP contribution in [0.3, 0.4) is 0 Å². The zero-order chi connectivity index (χ0) is 21.5. The molecule has 1 aliphatic rings. The number of hydrogen-bond acceptors (Lipinski definition) is 6. The number of rotatable bonds is 7. The van der Waals surface area contributed by atoms with E-state index in [0.717, 1.165) is 17.7 Å². The van der Waals surface area contributed by atoms with E-state index in [1.54, 1.807) is 28.4 Å². The number of methoxy groups -OCH3 is 3. The van der Waals surface area contributed by atoms with Crippen LogP contribution in [0.2, 0.25) is 0 Å². The maximum atomic E-state index is 12.9. The van der Waals surface area contributed by atoms with E-state index in [4.69, 9.17) is 14.2 Å². The molecule has 1 atom stereocenters. The molecule has 0 saturated carbocycles. The van der Waals surface area contributed by atoms with Crippen molar-refractivity contribution in [2.75, 3.05) is 39.7 Å². The number of thiophene rings is 1. The summed E-state index contributed by atoms with van der Waals surface area (Å²) in [6, 6.07) is 7.17. The molecule has 1 aromatic carbocycles. The molecule has 2 N–H and O–H groups in total. The topological polar surface area (TPSA) is 89.1 Å². The third-order valence-corrected chi connectivity index (χ3v) is 5.88.